The fourth-order valence-corrected chi connectivity index (χ4v) is 4.64. The van der Waals surface area contributed by atoms with Gasteiger partial charge in [0.25, 0.3) is 0 Å². The van der Waals surface area contributed by atoms with Gasteiger partial charge in [0.15, 0.2) is 0 Å². The first-order valence-electron chi connectivity index (χ1n) is 8.32. The number of carboxylic acids is 1. The lowest BCUT2D eigenvalue weighted by molar-refractivity contribution is -0.149. The van der Waals surface area contributed by atoms with Crippen molar-refractivity contribution in [3.8, 4) is 0 Å². The van der Waals surface area contributed by atoms with Crippen molar-refractivity contribution in [3.63, 3.8) is 0 Å². The molecular weight excluding hydrogens is 326 g/mol. The monoisotopic (exact) mass is 347 g/mol. The Balaban J connectivity index is 1.77. The zero-order chi connectivity index (χ0) is 17.4. The lowest BCUT2D eigenvalue weighted by atomic mass is 9.78. The van der Waals surface area contributed by atoms with Crippen LogP contribution in [0.15, 0.2) is 35.4 Å². The van der Waals surface area contributed by atoms with E-state index in [0.29, 0.717) is 11.6 Å². The molecule has 24 heavy (non-hydrogen) atoms. The summed E-state index contributed by atoms with van der Waals surface area (Å²) in [5.74, 6) is -1.97. The van der Waals surface area contributed by atoms with Gasteiger partial charge in [-0.1, -0.05) is 34.9 Å². The van der Waals surface area contributed by atoms with E-state index in [-0.39, 0.29) is 17.7 Å². The molecule has 0 radical (unpaired) electrons. The fourth-order valence-electron chi connectivity index (χ4n) is 4.51. The minimum absolute atomic E-state index is 0.0174. The van der Waals surface area contributed by atoms with Crippen molar-refractivity contribution in [2.45, 2.75) is 33.2 Å². The smallest absolute Gasteiger partial charge is 0.307 e. The summed E-state index contributed by atoms with van der Waals surface area (Å²) in [5, 5.41) is 13.2. The van der Waals surface area contributed by atoms with Crippen molar-refractivity contribution in [1.82, 2.24) is 5.32 Å². The van der Waals surface area contributed by atoms with E-state index in [9.17, 15) is 14.7 Å². The predicted molar refractivity (Wildman–Crippen MR) is 92.5 cm³/mol. The molecule has 5 heteroatoms. The van der Waals surface area contributed by atoms with E-state index in [1.54, 1.807) is 12.1 Å². The van der Waals surface area contributed by atoms with Gasteiger partial charge in [0.1, 0.15) is 0 Å². The molecule has 2 aliphatic carbocycles. The summed E-state index contributed by atoms with van der Waals surface area (Å²) in [4.78, 5) is 24.5. The van der Waals surface area contributed by atoms with Gasteiger partial charge in [0.2, 0.25) is 5.91 Å². The van der Waals surface area contributed by atoms with Crippen LogP contribution in [-0.4, -0.2) is 17.0 Å². The molecule has 2 N–H and O–H groups in total. The van der Waals surface area contributed by atoms with Crippen LogP contribution in [0.25, 0.3) is 0 Å². The minimum Gasteiger partial charge on any atom is -0.481 e. The number of halogens is 1. The summed E-state index contributed by atoms with van der Waals surface area (Å²) >= 11 is 5.86. The SMILES string of the molecule is CC(C)=C1[C@H]2CC[C@H]1[C@@H](C(=O)NCc1ccc(Cl)cc1)[C@H]2C(=O)O. The molecule has 0 heterocycles. The molecule has 1 amide bonds. The minimum atomic E-state index is -0.854. The highest BCUT2D eigenvalue weighted by molar-refractivity contribution is 6.30. The number of nitrogens with one attached hydrogen (secondary N) is 1. The van der Waals surface area contributed by atoms with Crippen LogP contribution in [0.3, 0.4) is 0 Å². The van der Waals surface area contributed by atoms with E-state index in [1.807, 2.05) is 26.0 Å². The van der Waals surface area contributed by atoms with Crippen LogP contribution in [0.2, 0.25) is 5.02 Å². The van der Waals surface area contributed by atoms with Gasteiger partial charge in [-0.25, -0.2) is 0 Å². The maximum absolute atomic E-state index is 12.7. The second-order valence-electron chi connectivity index (χ2n) is 6.98. The number of aliphatic carboxylic acids is 1. The van der Waals surface area contributed by atoms with E-state index in [0.717, 1.165) is 18.4 Å². The Hall–Kier alpha value is -1.81. The third-order valence-electron chi connectivity index (χ3n) is 5.39. The van der Waals surface area contributed by atoms with Crippen LogP contribution >= 0.6 is 11.6 Å². The fraction of sp³-hybridized carbons (Fsp3) is 0.474. The Labute approximate surface area is 146 Å². The molecule has 0 aliphatic heterocycles. The van der Waals surface area contributed by atoms with Crippen molar-refractivity contribution in [2.75, 3.05) is 0 Å². The van der Waals surface area contributed by atoms with Gasteiger partial charge in [-0.3, -0.25) is 9.59 Å². The molecule has 2 bridgehead atoms. The molecule has 1 aromatic rings. The number of carbonyl (C=O) groups is 2. The number of allylic oxidation sites excluding steroid dienone is 2. The third kappa shape index (κ3) is 2.95. The highest BCUT2D eigenvalue weighted by atomic mass is 35.5. The summed E-state index contributed by atoms with van der Waals surface area (Å²) in [6.45, 7) is 4.43. The average molecular weight is 348 g/mol. The molecule has 4 nitrogen and oxygen atoms in total. The zero-order valence-corrected chi connectivity index (χ0v) is 14.6. The van der Waals surface area contributed by atoms with Crippen LogP contribution < -0.4 is 5.32 Å². The van der Waals surface area contributed by atoms with Gasteiger partial charge in [0.05, 0.1) is 11.8 Å². The maximum Gasteiger partial charge on any atom is 0.307 e. The third-order valence-corrected chi connectivity index (χ3v) is 5.64. The Morgan fingerprint density at radius 2 is 1.71 bits per heavy atom. The maximum atomic E-state index is 12.7. The van der Waals surface area contributed by atoms with Gasteiger partial charge in [-0.05, 0) is 56.2 Å². The molecule has 2 fully saturated rings. The van der Waals surface area contributed by atoms with Crippen molar-refractivity contribution in [3.05, 3.63) is 46.0 Å². The Bertz CT molecular complexity index is 691. The Kier molecular flexibility index (Phi) is 4.68. The quantitative estimate of drug-likeness (QED) is 0.817. The first kappa shape index (κ1) is 17.0. The number of rotatable bonds is 4. The molecule has 128 valence electrons. The highest BCUT2D eigenvalue weighted by Gasteiger charge is 2.57. The first-order chi connectivity index (χ1) is 11.4. The van der Waals surface area contributed by atoms with E-state index in [4.69, 9.17) is 11.6 Å². The Morgan fingerprint density at radius 1 is 1.12 bits per heavy atom. The Morgan fingerprint density at radius 3 is 2.25 bits per heavy atom. The summed E-state index contributed by atoms with van der Waals surface area (Å²) in [5.41, 5.74) is 3.32. The van der Waals surface area contributed by atoms with E-state index in [1.165, 1.54) is 11.1 Å². The lowest BCUT2D eigenvalue weighted by Gasteiger charge is -2.26. The largest absolute Gasteiger partial charge is 0.481 e. The van der Waals surface area contributed by atoms with Crippen LogP contribution in [0, 0.1) is 23.7 Å². The van der Waals surface area contributed by atoms with Gasteiger partial charge >= 0.3 is 5.97 Å². The van der Waals surface area contributed by atoms with Gasteiger partial charge in [0, 0.05) is 11.6 Å². The summed E-state index contributed by atoms with van der Waals surface area (Å²) in [6.07, 6.45) is 1.79. The van der Waals surface area contributed by atoms with Crippen molar-refractivity contribution >= 4 is 23.5 Å². The molecule has 3 rings (SSSR count). The molecular formula is C19H22ClNO3. The van der Waals surface area contributed by atoms with Crippen LogP contribution in [0.1, 0.15) is 32.3 Å². The normalized spacial score (nSPS) is 28.0. The molecule has 0 spiro atoms. The lowest BCUT2D eigenvalue weighted by Crippen LogP contribution is -2.41. The topological polar surface area (TPSA) is 66.4 Å². The van der Waals surface area contributed by atoms with E-state index >= 15 is 0 Å². The summed E-state index contributed by atoms with van der Waals surface area (Å²) in [7, 11) is 0. The summed E-state index contributed by atoms with van der Waals surface area (Å²) in [6, 6.07) is 7.28. The zero-order valence-electron chi connectivity index (χ0n) is 13.9. The first-order valence-corrected chi connectivity index (χ1v) is 8.70. The van der Waals surface area contributed by atoms with Crippen molar-refractivity contribution in [2.24, 2.45) is 23.7 Å². The number of amides is 1. The van der Waals surface area contributed by atoms with Crippen molar-refractivity contribution in [1.29, 1.82) is 0 Å². The number of benzene rings is 1. The molecule has 0 aromatic heterocycles. The number of fused-ring (bicyclic) bond motifs is 2. The average Bonchev–Trinajstić information content (AvgIpc) is 3.10. The van der Waals surface area contributed by atoms with E-state index < -0.39 is 17.8 Å². The highest BCUT2D eigenvalue weighted by Crippen LogP contribution is 2.57. The summed E-state index contributed by atoms with van der Waals surface area (Å²) < 4.78 is 0. The molecule has 2 saturated carbocycles. The number of hydrogen-bond acceptors (Lipinski definition) is 2. The predicted octanol–water partition coefficient (Wildman–Crippen LogP) is 3.65. The number of carbonyl (C=O) groups excluding carboxylic acids is 1. The molecule has 1 aromatic carbocycles. The van der Waals surface area contributed by atoms with E-state index in [2.05, 4.69) is 5.32 Å². The molecule has 4 atom stereocenters. The van der Waals surface area contributed by atoms with Crippen LogP contribution in [0.4, 0.5) is 0 Å². The second-order valence-corrected chi connectivity index (χ2v) is 7.42. The van der Waals surface area contributed by atoms with Gasteiger partial charge in [-0.2, -0.15) is 0 Å². The molecule has 2 aliphatic rings. The second kappa shape index (κ2) is 6.60. The van der Waals surface area contributed by atoms with Crippen LogP contribution in [-0.2, 0) is 16.1 Å². The number of carboxylic acid groups (broad SMARTS) is 1. The molecule has 0 saturated heterocycles. The van der Waals surface area contributed by atoms with Crippen molar-refractivity contribution < 1.29 is 14.7 Å². The van der Waals surface area contributed by atoms with Crippen LogP contribution in [0.5, 0.6) is 0 Å². The standard InChI is InChI=1S/C19H22ClNO3/c1-10(2)15-13-7-8-14(15)17(19(23)24)16(13)18(22)21-9-11-3-5-12(20)6-4-11/h3-6,13-14,16-17H,7-9H2,1-2H3,(H,21,22)(H,23,24)/t13-,14-,16-,17+/m1/s1. The van der Waals surface area contributed by atoms with Gasteiger partial charge < -0.3 is 10.4 Å². The van der Waals surface area contributed by atoms with Gasteiger partial charge in [-0.15, -0.1) is 0 Å². The number of hydrogen-bond donors (Lipinski definition) is 2. The molecule has 0 unspecified atom stereocenters.